The van der Waals surface area contributed by atoms with Crippen LogP contribution in [-0.2, 0) is 9.53 Å². The predicted octanol–water partition coefficient (Wildman–Crippen LogP) is 0.576. The van der Waals surface area contributed by atoms with Gasteiger partial charge in [-0.1, -0.05) is 11.3 Å². The van der Waals surface area contributed by atoms with Crippen LogP contribution in [-0.4, -0.2) is 48.4 Å². The Balaban J connectivity index is 1.66. The third kappa shape index (κ3) is 2.44. The first kappa shape index (κ1) is 12.8. The normalized spacial score (nSPS) is 30.2. The van der Waals surface area contributed by atoms with E-state index >= 15 is 0 Å². The maximum Gasteiger partial charge on any atom is 0.248 e. The van der Waals surface area contributed by atoms with Crippen molar-refractivity contribution in [3.05, 3.63) is 5.01 Å². The van der Waals surface area contributed by atoms with Gasteiger partial charge in [0.1, 0.15) is 11.1 Å². The van der Waals surface area contributed by atoms with Crippen molar-refractivity contribution in [1.82, 2.24) is 15.5 Å². The number of amides is 1. The van der Waals surface area contributed by atoms with Crippen molar-refractivity contribution in [2.45, 2.75) is 32.0 Å². The van der Waals surface area contributed by atoms with Crippen LogP contribution < -0.4 is 10.2 Å². The third-order valence-electron chi connectivity index (χ3n) is 3.88. The van der Waals surface area contributed by atoms with Gasteiger partial charge in [0.15, 0.2) is 0 Å². The number of carbonyl (C=O) groups is 1. The second-order valence-electron chi connectivity index (χ2n) is 5.11. The summed E-state index contributed by atoms with van der Waals surface area (Å²) in [6, 6.07) is 0. The second-order valence-corrected chi connectivity index (χ2v) is 6.27. The maximum atomic E-state index is 11.6. The Labute approximate surface area is 116 Å². The van der Waals surface area contributed by atoms with E-state index in [0.29, 0.717) is 5.92 Å². The van der Waals surface area contributed by atoms with Crippen LogP contribution in [0.5, 0.6) is 0 Å². The molecule has 3 rings (SSSR count). The minimum atomic E-state index is -0.281. The van der Waals surface area contributed by atoms with E-state index in [4.69, 9.17) is 4.74 Å². The monoisotopic (exact) mass is 282 g/mol. The highest BCUT2D eigenvalue weighted by molar-refractivity contribution is 7.15. The van der Waals surface area contributed by atoms with E-state index in [1.165, 1.54) is 0 Å². The lowest BCUT2D eigenvalue weighted by atomic mass is 9.92. The molecule has 2 aliphatic heterocycles. The molecule has 0 unspecified atom stereocenters. The van der Waals surface area contributed by atoms with Gasteiger partial charge in [0.25, 0.3) is 0 Å². The fraction of sp³-hybridized carbons (Fsp3) is 0.750. The first-order valence-corrected chi connectivity index (χ1v) is 7.41. The number of piperidine rings is 1. The summed E-state index contributed by atoms with van der Waals surface area (Å²) in [5.41, 5.74) is 0. The van der Waals surface area contributed by atoms with E-state index < -0.39 is 0 Å². The summed E-state index contributed by atoms with van der Waals surface area (Å²) in [7, 11) is 1.66. The first-order chi connectivity index (χ1) is 9.17. The molecule has 0 bridgehead atoms. The number of hydrogen-bond donors (Lipinski definition) is 1. The van der Waals surface area contributed by atoms with Crippen LogP contribution in [0, 0.1) is 12.8 Å². The molecule has 0 radical (unpaired) electrons. The van der Waals surface area contributed by atoms with Gasteiger partial charge in [0.2, 0.25) is 11.0 Å². The van der Waals surface area contributed by atoms with Crippen LogP contribution in [0.1, 0.15) is 17.8 Å². The lowest BCUT2D eigenvalue weighted by Gasteiger charge is -2.33. The zero-order chi connectivity index (χ0) is 13.4. The quantitative estimate of drug-likeness (QED) is 0.859. The Morgan fingerprint density at radius 1 is 1.53 bits per heavy atom. The summed E-state index contributed by atoms with van der Waals surface area (Å²) in [4.78, 5) is 13.9. The number of aryl methyl sites for hydroxylation is 1. The van der Waals surface area contributed by atoms with E-state index in [1.54, 1.807) is 18.4 Å². The molecule has 7 heteroatoms. The van der Waals surface area contributed by atoms with Gasteiger partial charge in [-0.15, -0.1) is 10.2 Å². The molecule has 3 atom stereocenters. The number of nitrogens with one attached hydrogen (secondary N) is 1. The van der Waals surface area contributed by atoms with Crippen LogP contribution in [0.3, 0.4) is 0 Å². The Bertz CT molecular complexity index is 478. The SMILES string of the molecule is CNC(=O)[C@@H]1C[C@@H]2CCN(c3nnc(C)s3)C[C@H]2O1. The predicted molar refractivity (Wildman–Crippen MR) is 72.3 cm³/mol. The summed E-state index contributed by atoms with van der Waals surface area (Å²) in [6.07, 6.45) is 1.75. The standard InChI is InChI=1S/C12H18N4O2S/c1-7-14-15-12(19-7)16-4-3-8-5-9(11(17)13-2)18-10(8)6-16/h8-10H,3-6H2,1-2H3,(H,13,17)/t8-,9-,10+/m0/s1. The first-order valence-electron chi connectivity index (χ1n) is 6.59. The second kappa shape index (κ2) is 5.05. The van der Waals surface area contributed by atoms with E-state index in [-0.39, 0.29) is 18.1 Å². The van der Waals surface area contributed by atoms with E-state index in [0.717, 1.165) is 36.1 Å². The molecular formula is C12H18N4O2S. The van der Waals surface area contributed by atoms with Crippen molar-refractivity contribution in [1.29, 1.82) is 0 Å². The largest absolute Gasteiger partial charge is 0.363 e. The number of anilines is 1. The van der Waals surface area contributed by atoms with Crippen molar-refractivity contribution >= 4 is 22.4 Å². The fourth-order valence-corrected chi connectivity index (χ4v) is 3.57. The van der Waals surface area contributed by atoms with Gasteiger partial charge >= 0.3 is 0 Å². The molecule has 1 N–H and O–H groups in total. The molecule has 104 valence electrons. The molecule has 3 heterocycles. The molecule has 1 amide bonds. The van der Waals surface area contributed by atoms with E-state index in [1.807, 2.05) is 6.92 Å². The number of rotatable bonds is 2. The van der Waals surface area contributed by atoms with Crippen LogP contribution in [0.15, 0.2) is 0 Å². The number of aromatic nitrogens is 2. The molecule has 0 saturated carbocycles. The summed E-state index contributed by atoms with van der Waals surface area (Å²) < 4.78 is 5.88. The number of fused-ring (bicyclic) bond motifs is 1. The van der Waals surface area contributed by atoms with Crippen molar-refractivity contribution < 1.29 is 9.53 Å². The number of carbonyl (C=O) groups excluding carboxylic acids is 1. The van der Waals surface area contributed by atoms with Crippen molar-refractivity contribution in [2.24, 2.45) is 5.92 Å². The van der Waals surface area contributed by atoms with E-state index in [2.05, 4.69) is 20.4 Å². The molecule has 1 aromatic heterocycles. The van der Waals surface area contributed by atoms with Gasteiger partial charge in [-0.2, -0.15) is 0 Å². The molecule has 2 fully saturated rings. The number of hydrogen-bond acceptors (Lipinski definition) is 6. The molecule has 0 aromatic carbocycles. The molecule has 0 aliphatic carbocycles. The third-order valence-corrected chi connectivity index (χ3v) is 4.78. The highest BCUT2D eigenvalue weighted by atomic mass is 32.1. The van der Waals surface area contributed by atoms with Gasteiger partial charge in [0, 0.05) is 20.1 Å². The zero-order valence-electron chi connectivity index (χ0n) is 11.1. The summed E-state index contributed by atoms with van der Waals surface area (Å²) in [6.45, 7) is 3.74. The minimum absolute atomic E-state index is 0.00675. The fourth-order valence-electron chi connectivity index (χ4n) is 2.85. The number of ether oxygens (including phenoxy) is 1. The summed E-state index contributed by atoms with van der Waals surface area (Å²) in [5.74, 6) is 0.486. The molecular weight excluding hydrogens is 264 g/mol. The Kier molecular flexibility index (Phi) is 3.40. The van der Waals surface area contributed by atoms with Crippen molar-refractivity contribution in [3.8, 4) is 0 Å². The molecule has 1 aromatic rings. The van der Waals surface area contributed by atoms with Gasteiger partial charge < -0.3 is 15.0 Å². The highest BCUT2D eigenvalue weighted by Gasteiger charge is 2.42. The average Bonchev–Trinajstić information content (AvgIpc) is 3.02. The lowest BCUT2D eigenvalue weighted by Crippen LogP contribution is -2.42. The average molecular weight is 282 g/mol. The van der Waals surface area contributed by atoms with Crippen LogP contribution in [0.4, 0.5) is 5.13 Å². The molecule has 19 heavy (non-hydrogen) atoms. The van der Waals surface area contributed by atoms with Gasteiger partial charge in [0.05, 0.1) is 6.10 Å². The number of likely N-dealkylation sites (N-methyl/N-ethyl adjacent to an activating group) is 1. The Hall–Kier alpha value is -1.21. The topological polar surface area (TPSA) is 67.4 Å². The molecule has 0 spiro atoms. The zero-order valence-corrected chi connectivity index (χ0v) is 11.9. The van der Waals surface area contributed by atoms with Crippen molar-refractivity contribution in [3.63, 3.8) is 0 Å². The number of nitrogens with zero attached hydrogens (tertiary/aromatic N) is 3. The minimum Gasteiger partial charge on any atom is -0.363 e. The molecule has 2 saturated heterocycles. The van der Waals surface area contributed by atoms with Crippen LogP contribution >= 0.6 is 11.3 Å². The highest BCUT2D eigenvalue weighted by Crippen LogP contribution is 2.35. The Morgan fingerprint density at radius 3 is 3.05 bits per heavy atom. The van der Waals surface area contributed by atoms with Crippen molar-refractivity contribution in [2.75, 3.05) is 25.0 Å². The van der Waals surface area contributed by atoms with Crippen LogP contribution in [0.2, 0.25) is 0 Å². The summed E-state index contributed by atoms with van der Waals surface area (Å²) >= 11 is 1.61. The molecule has 6 nitrogen and oxygen atoms in total. The van der Waals surface area contributed by atoms with Crippen LogP contribution in [0.25, 0.3) is 0 Å². The molecule has 2 aliphatic rings. The van der Waals surface area contributed by atoms with Gasteiger partial charge in [-0.3, -0.25) is 4.79 Å². The smallest absolute Gasteiger partial charge is 0.248 e. The van der Waals surface area contributed by atoms with Gasteiger partial charge in [-0.05, 0) is 25.7 Å². The summed E-state index contributed by atoms with van der Waals surface area (Å²) in [5, 5.41) is 12.8. The Morgan fingerprint density at radius 2 is 2.37 bits per heavy atom. The van der Waals surface area contributed by atoms with Gasteiger partial charge in [-0.25, -0.2) is 0 Å². The lowest BCUT2D eigenvalue weighted by molar-refractivity contribution is -0.131. The van der Waals surface area contributed by atoms with E-state index in [9.17, 15) is 4.79 Å². The maximum absolute atomic E-state index is 11.6.